The molecule has 0 unspecified atom stereocenters. The van der Waals surface area contributed by atoms with E-state index in [4.69, 9.17) is 4.42 Å². The minimum Gasteiger partial charge on any atom is -0.454 e. The molecule has 0 spiro atoms. The van der Waals surface area contributed by atoms with Gasteiger partial charge >= 0.3 is 0 Å². The summed E-state index contributed by atoms with van der Waals surface area (Å²) in [5.74, 6) is 0. The van der Waals surface area contributed by atoms with Crippen molar-refractivity contribution in [2.45, 2.75) is 26.2 Å². The summed E-state index contributed by atoms with van der Waals surface area (Å²) in [6, 6.07) is 31.7. The molecular weight excluding hydrogens is 366 g/mol. The first-order valence-electron chi connectivity index (χ1n) is 10.4. The van der Waals surface area contributed by atoms with Crippen LogP contribution >= 0.6 is 0 Å². The molecule has 30 heavy (non-hydrogen) atoms. The molecule has 5 rings (SSSR count). The lowest BCUT2D eigenvalue weighted by Gasteiger charge is -2.18. The Kier molecular flexibility index (Phi) is 4.36. The van der Waals surface area contributed by atoms with Crippen LogP contribution in [-0.2, 0) is 5.41 Å². The largest absolute Gasteiger partial charge is 0.454 e. The summed E-state index contributed by atoms with van der Waals surface area (Å²) in [5, 5.41) is 5.86. The van der Waals surface area contributed by atoms with E-state index in [1.54, 1.807) is 0 Å². The van der Waals surface area contributed by atoms with Crippen molar-refractivity contribution < 1.29 is 4.42 Å². The maximum absolute atomic E-state index is 6.44. The monoisotopic (exact) mass is 391 g/mol. The van der Waals surface area contributed by atoms with Gasteiger partial charge in [0.2, 0.25) is 0 Å². The summed E-state index contributed by atoms with van der Waals surface area (Å²) in [5.41, 5.74) is 7.58. The molecule has 0 amide bonds. The van der Waals surface area contributed by atoms with Crippen molar-refractivity contribution in [3.05, 3.63) is 96.6 Å². The Morgan fingerprint density at radius 1 is 0.600 bits per heavy atom. The first kappa shape index (κ1) is 18.5. The van der Waals surface area contributed by atoms with Crippen LogP contribution in [0.3, 0.4) is 0 Å². The normalized spacial score (nSPS) is 11.8. The van der Waals surface area contributed by atoms with Gasteiger partial charge in [-0.1, -0.05) is 93.6 Å². The number of furan rings is 1. The molecule has 0 saturated carbocycles. The number of fused-ring (bicyclic) bond motifs is 3. The highest BCUT2D eigenvalue weighted by Gasteiger charge is 2.21. The molecule has 0 radical (unpaired) electrons. The van der Waals surface area contributed by atoms with Gasteiger partial charge < -0.3 is 9.73 Å². The summed E-state index contributed by atoms with van der Waals surface area (Å²) in [6.45, 7) is 6.67. The van der Waals surface area contributed by atoms with Crippen LogP contribution in [0.15, 0.2) is 95.4 Å². The Labute approximate surface area is 177 Å². The van der Waals surface area contributed by atoms with Crippen molar-refractivity contribution in [1.29, 1.82) is 0 Å². The fourth-order valence-corrected chi connectivity index (χ4v) is 4.04. The average molecular weight is 392 g/mol. The quantitative estimate of drug-likeness (QED) is 0.334. The Hall–Kier alpha value is -3.52. The lowest BCUT2D eigenvalue weighted by atomic mass is 9.86. The predicted octanol–water partition coefficient (Wildman–Crippen LogP) is 8.29. The second kappa shape index (κ2) is 7.07. The zero-order valence-corrected chi connectivity index (χ0v) is 17.6. The third kappa shape index (κ3) is 3.25. The number of benzene rings is 4. The standard InChI is InChI=1S/C28H25NO/c1-28(2,3)24-13-7-11-22-23-12-8-14-25(27(23)30-26(22)24)29-21-17-15-20(16-18-21)19-9-5-4-6-10-19/h4-18,29H,1-3H3. The topological polar surface area (TPSA) is 25.2 Å². The molecule has 0 bridgehead atoms. The maximum atomic E-state index is 6.44. The van der Waals surface area contributed by atoms with E-state index >= 15 is 0 Å². The first-order valence-corrected chi connectivity index (χ1v) is 10.4. The predicted molar refractivity (Wildman–Crippen MR) is 128 cm³/mol. The zero-order chi connectivity index (χ0) is 20.7. The Bertz CT molecular complexity index is 1320. The van der Waals surface area contributed by atoms with Crippen LogP contribution in [0.2, 0.25) is 0 Å². The molecule has 2 heteroatoms. The summed E-state index contributed by atoms with van der Waals surface area (Å²) in [6.07, 6.45) is 0. The Balaban J connectivity index is 1.55. The number of anilines is 2. The molecule has 0 aliphatic carbocycles. The molecule has 1 aromatic heterocycles. The van der Waals surface area contributed by atoms with Crippen molar-refractivity contribution >= 4 is 33.3 Å². The van der Waals surface area contributed by atoms with Gasteiger partial charge in [-0.3, -0.25) is 0 Å². The van der Waals surface area contributed by atoms with Gasteiger partial charge in [-0.05, 0) is 34.7 Å². The maximum Gasteiger partial charge on any atom is 0.158 e. The molecule has 148 valence electrons. The van der Waals surface area contributed by atoms with Gasteiger partial charge in [0.1, 0.15) is 5.58 Å². The van der Waals surface area contributed by atoms with Gasteiger partial charge in [0.25, 0.3) is 0 Å². The van der Waals surface area contributed by atoms with Gasteiger partial charge in [-0.25, -0.2) is 0 Å². The minimum absolute atomic E-state index is 0.0221. The van der Waals surface area contributed by atoms with Crippen LogP contribution in [-0.4, -0.2) is 0 Å². The van der Waals surface area contributed by atoms with Crippen molar-refractivity contribution in [2.24, 2.45) is 0 Å². The van der Waals surface area contributed by atoms with Crippen LogP contribution in [0.5, 0.6) is 0 Å². The fourth-order valence-electron chi connectivity index (χ4n) is 4.04. The van der Waals surface area contributed by atoms with E-state index in [1.165, 1.54) is 22.1 Å². The van der Waals surface area contributed by atoms with Crippen LogP contribution in [0.25, 0.3) is 33.1 Å². The number of hydrogen-bond acceptors (Lipinski definition) is 2. The minimum atomic E-state index is 0.0221. The molecule has 4 aromatic carbocycles. The summed E-state index contributed by atoms with van der Waals surface area (Å²) in [4.78, 5) is 0. The molecule has 0 atom stereocenters. The molecule has 1 heterocycles. The van der Waals surface area contributed by atoms with Crippen molar-refractivity contribution in [3.63, 3.8) is 0 Å². The van der Waals surface area contributed by atoms with E-state index in [0.717, 1.165) is 27.9 Å². The lowest BCUT2D eigenvalue weighted by Crippen LogP contribution is -2.10. The zero-order valence-electron chi connectivity index (χ0n) is 17.6. The second-order valence-electron chi connectivity index (χ2n) is 8.78. The van der Waals surface area contributed by atoms with Crippen LogP contribution in [0.4, 0.5) is 11.4 Å². The number of para-hydroxylation sites is 2. The van der Waals surface area contributed by atoms with E-state index in [-0.39, 0.29) is 5.41 Å². The fraction of sp³-hybridized carbons (Fsp3) is 0.143. The van der Waals surface area contributed by atoms with E-state index in [0.29, 0.717) is 0 Å². The number of nitrogens with one attached hydrogen (secondary N) is 1. The number of rotatable bonds is 3. The van der Waals surface area contributed by atoms with Crippen molar-refractivity contribution in [1.82, 2.24) is 0 Å². The lowest BCUT2D eigenvalue weighted by molar-refractivity contribution is 0.573. The highest BCUT2D eigenvalue weighted by molar-refractivity contribution is 6.10. The van der Waals surface area contributed by atoms with E-state index in [1.807, 2.05) is 6.07 Å². The summed E-state index contributed by atoms with van der Waals surface area (Å²) in [7, 11) is 0. The van der Waals surface area contributed by atoms with Gasteiger partial charge in [0.05, 0.1) is 5.69 Å². The van der Waals surface area contributed by atoms with Crippen LogP contribution in [0, 0.1) is 0 Å². The third-order valence-corrected chi connectivity index (χ3v) is 5.60. The smallest absolute Gasteiger partial charge is 0.158 e. The molecule has 0 aliphatic heterocycles. The SMILES string of the molecule is CC(C)(C)c1cccc2c1oc1c(Nc3ccc(-c4ccccc4)cc3)cccc12. The van der Waals surface area contributed by atoms with E-state index in [2.05, 4.69) is 111 Å². The summed E-state index contributed by atoms with van der Waals surface area (Å²) >= 11 is 0. The molecule has 0 saturated heterocycles. The van der Waals surface area contributed by atoms with Gasteiger partial charge in [-0.2, -0.15) is 0 Å². The third-order valence-electron chi connectivity index (χ3n) is 5.60. The molecular formula is C28H25NO. The van der Waals surface area contributed by atoms with E-state index < -0.39 is 0 Å². The first-order chi connectivity index (χ1) is 14.5. The van der Waals surface area contributed by atoms with Gasteiger partial charge in [-0.15, -0.1) is 0 Å². The molecule has 1 N–H and O–H groups in total. The van der Waals surface area contributed by atoms with Gasteiger partial charge in [0.15, 0.2) is 5.58 Å². The molecule has 0 fully saturated rings. The van der Waals surface area contributed by atoms with Crippen molar-refractivity contribution in [2.75, 3.05) is 5.32 Å². The second-order valence-corrected chi connectivity index (χ2v) is 8.78. The van der Waals surface area contributed by atoms with Crippen LogP contribution in [0.1, 0.15) is 26.3 Å². The van der Waals surface area contributed by atoms with Gasteiger partial charge in [0, 0.05) is 22.0 Å². The molecule has 2 nitrogen and oxygen atoms in total. The highest BCUT2D eigenvalue weighted by atomic mass is 16.3. The molecule has 5 aromatic rings. The summed E-state index contributed by atoms with van der Waals surface area (Å²) < 4.78 is 6.44. The highest BCUT2D eigenvalue weighted by Crippen LogP contribution is 2.39. The molecule has 0 aliphatic rings. The average Bonchev–Trinajstić information content (AvgIpc) is 3.14. The Morgan fingerprint density at radius 3 is 1.93 bits per heavy atom. The number of hydrogen-bond donors (Lipinski definition) is 1. The van der Waals surface area contributed by atoms with Crippen LogP contribution < -0.4 is 5.32 Å². The van der Waals surface area contributed by atoms with E-state index in [9.17, 15) is 0 Å². The van der Waals surface area contributed by atoms with Crippen molar-refractivity contribution in [3.8, 4) is 11.1 Å². The Morgan fingerprint density at radius 2 is 1.23 bits per heavy atom.